The Bertz CT molecular complexity index is 845. The molecule has 32 heavy (non-hydrogen) atoms. The third-order valence-electron chi connectivity index (χ3n) is 8.74. The zero-order chi connectivity index (χ0) is 22.3. The first kappa shape index (κ1) is 22.6. The van der Waals surface area contributed by atoms with Crippen LogP contribution < -0.4 is 5.32 Å². The number of halogens is 1. The zero-order valence-electron chi connectivity index (χ0n) is 19.7. The third kappa shape index (κ3) is 4.72. The average molecular weight is 455 g/mol. The molecule has 3 atom stereocenters. The van der Waals surface area contributed by atoms with Crippen LogP contribution in [0.15, 0.2) is 51.0 Å². The van der Waals surface area contributed by atoms with Gasteiger partial charge in [0.05, 0.1) is 12.6 Å². The molecule has 0 saturated heterocycles. The second kappa shape index (κ2) is 9.24. The van der Waals surface area contributed by atoms with E-state index in [2.05, 4.69) is 48.5 Å². The fourth-order valence-electron chi connectivity index (χ4n) is 7.96. The van der Waals surface area contributed by atoms with Crippen molar-refractivity contribution in [3.63, 3.8) is 0 Å². The Morgan fingerprint density at radius 2 is 1.78 bits per heavy atom. The Morgan fingerprint density at radius 3 is 2.44 bits per heavy atom. The highest BCUT2D eigenvalue weighted by Crippen LogP contribution is 2.64. The number of hydrogen-bond acceptors (Lipinski definition) is 3. The highest BCUT2D eigenvalue weighted by Gasteiger charge is 2.55. The molecule has 0 aromatic rings. The van der Waals surface area contributed by atoms with Crippen molar-refractivity contribution in [3.8, 4) is 0 Å². The molecule has 0 heterocycles. The number of aliphatic imine (C=N–C) groups is 1. The first-order valence-corrected chi connectivity index (χ1v) is 13.1. The van der Waals surface area contributed by atoms with Crippen molar-refractivity contribution in [2.24, 2.45) is 40.0 Å². The molecule has 3 unspecified atom stereocenters. The molecule has 0 aromatic heterocycles. The van der Waals surface area contributed by atoms with Crippen molar-refractivity contribution in [1.82, 2.24) is 5.32 Å². The number of aliphatic hydroxyl groups is 1. The minimum absolute atomic E-state index is 0.264. The van der Waals surface area contributed by atoms with E-state index >= 15 is 0 Å². The summed E-state index contributed by atoms with van der Waals surface area (Å²) in [7, 11) is 0. The topological polar surface area (TPSA) is 44.6 Å². The Kier molecular flexibility index (Phi) is 6.53. The van der Waals surface area contributed by atoms with Gasteiger partial charge in [0.2, 0.25) is 0 Å². The maximum atomic E-state index is 11.4. The van der Waals surface area contributed by atoms with Gasteiger partial charge in [-0.15, -0.1) is 0 Å². The van der Waals surface area contributed by atoms with Crippen LogP contribution in [0.25, 0.3) is 0 Å². The van der Waals surface area contributed by atoms with Crippen LogP contribution in [0.1, 0.15) is 58.8 Å². The van der Waals surface area contributed by atoms with Gasteiger partial charge in [0.25, 0.3) is 0 Å². The van der Waals surface area contributed by atoms with Gasteiger partial charge >= 0.3 is 0 Å². The molecular formula is C28H39ClN2O. The van der Waals surface area contributed by atoms with Crippen molar-refractivity contribution >= 4 is 17.8 Å². The minimum atomic E-state index is -0.407. The Hall–Kier alpha value is -1.16. The monoisotopic (exact) mass is 454 g/mol. The Morgan fingerprint density at radius 1 is 1.09 bits per heavy atom. The highest BCUT2D eigenvalue weighted by molar-refractivity contribution is 6.31. The number of allylic oxidation sites excluding steroid dienone is 5. The molecule has 4 bridgehead atoms. The average Bonchev–Trinajstić information content (AvgIpc) is 2.71. The Balaban J connectivity index is 1.15. The predicted molar refractivity (Wildman–Crippen MR) is 134 cm³/mol. The normalized spacial score (nSPS) is 40.9. The molecule has 0 amide bonds. The van der Waals surface area contributed by atoms with Crippen LogP contribution in [-0.4, -0.2) is 37.1 Å². The number of rotatable bonds is 7. The molecule has 4 fully saturated rings. The largest absolute Gasteiger partial charge is 0.388 e. The van der Waals surface area contributed by atoms with E-state index in [1.54, 1.807) is 0 Å². The van der Waals surface area contributed by atoms with E-state index < -0.39 is 6.10 Å². The fraction of sp³-hybridized carbons (Fsp3) is 0.679. The van der Waals surface area contributed by atoms with Gasteiger partial charge in [0.1, 0.15) is 0 Å². The van der Waals surface area contributed by atoms with Crippen molar-refractivity contribution in [3.05, 3.63) is 46.1 Å². The molecule has 6 rings (SSSR count). The fourth-order valence-corrected chi connectivity index (χ4v) is 8.33. The summed E-state index contributed by atoms with van der Waals surface area (Å²) in [4.78, 5) is 4.68. The molecule has 6 aliphatic rings. The maximum absolute atomic E-state index is 11.4. The first-order chi connectivity index (χ1) is 15.4. The van der Waals surface area contributed by atoms with Crippen molar-refractivity contribution in [2.75, 3.05) is 19.6 Å². The molecule has 4 heteroatoms. The van der Waals surface area contributed by atoms with E-state index in [-0.39, 0.29) is 5.92 Å². The molecule has 6 aliphatic carbocycles. The summed E-state index contributed by atoms with van der Waals surface area (Å²) in [6, 6.07) is 0. The lowest BCUT2D eigenvalue weighted by atomic mass is 9.45. The van der Waals surface area contributed by atoms with Gasteiger partial charge < -0.3 is 10.4 Å². The van der Waals surface area contributed by atoms with Crippen LogP contribution in [0.4, 0.5) is 0 Å². The lowest BCUT2D eigenvalue weighted by molar-refractivity contribution is -0.0965. The zero-order valence-corrected chi connectivity index (χ0v) is 20.5. The number of nitrogens with one attached hydrogen (secondary N) is 1. The molecule has 0 aromatic carbocycles. The maximum Gasteiger partial charge on any atom is 0.0872 e. The lowest BCUT2D eigenvalue weighted by Crippen LogP contribution is -2.52. The van der Waals surface area contributed by atoms with Gasteiger partial charge in [-0.05, 0) is 99.5 Å². The highest BCUT2D eigenvalue weighted by atomic mass is 35.5. The van der Waals surface area contributed by atoms with E-state index in [4.69, 9.17) is 11.6 Å². The van der Waals surface area contributed by atoms with Gasteiger partial charge in [-0.25, -0.2) is 0 Å². The number of nitrogens with zero attached hydrogens (tertiary/aromatic N) is 1. The summed E-state index contributed by atoms with van der Waals surface area (Å²) < 4.78 is 0. The van der Waals surface area contributed by atoms with Gasteiger partial charge in [-0.1, -0.05) is 41.0 Å². The summed E-state index contributed by atoms with van der Waals surface area (Å²) in [5.74, 6) is 3.45. The summed E-state index contributed by atoms with van der Waals surface area (Å²) in [5.41, 5.74) is 3.97. The SMILES string of the molecule is CC1=CC(C23CC4CC(CC(C4)C2)C3)C(O)C(C=NCCNCC2C=C(Cl)C=C(C)C2)=C1. The molecule has 0 aliphatic heterocycles. The van der Waals surface area contributed by atoms with Crippen LogP contribution in [0.5, 0.6) is 0 Å². The molecule has 174 valence electrons. The van der Waals surface area contributed by atoms with Crippen LogP contribution in [-0.2, 0) is 0 Å². The second-order valence-electron chi connectivity index (χ2n) is 11.6. The second-order valence-corrected chi connectivity index (χ2v) is 12.0. The molecule has 4 saturated carbocycles. The van der Waals surface area contributed by atoms with Crippen molar-refractivity contribution in [1.29, 1.82) is 0 Å². The molecular weight excluding hydrogens is 416 g/mol. The third-order valence-corrected chi connectivity index (χ3v) is 8.97. The van der Waals surface area contributed by atoms with Gasteiger partial charge in [-0.3, -0.25) is 4.99 Å². The number of hydrogen-bond donors (Lipinski definition) is 2. The van der Waals surface area contributed by atoms with E-state index in [0.29, 0.717) is 11.3 Å². The Labute approximate surface area is 198 Å². The van der Waals surface area contributed by atoms with Gasteiger partial charge in [0.15, 0.2) is 0 Å². The quantitative estimate of drug-likeness (QED) is 0.376. The van der Waals surface area contributed by atoms with Crippen LogP contribution in [0.2, 0.25) is 0 Å². The van der Waals surface area contributed by atoms with Gasteiger partial charge in [-0.2, -0.15) is 0 Å². The summed E-state index contributed by atoms with van der Waals surface area (Å²) in [6.45, 7) is 6.83. The van der Waals surface area contributed by atoms with E-state index in [0.717, 1.165) is 54.4 Å². The summed E-state index contributed by atoms with van der Waals surface area (Å²) in [6.07, 6.45) is 19.7. The molecule has 0 spiro atoms. The standard InChI is InChI=1S/C28H39ClN2O/c1-18-5-23(12-25(29)7-18)16-30-3-4-31-17-24-6-19(2)8-26(27(24)32)28-13-20-9-21(14-28)11-22(10-20)15-28/h6-8,12,17,20-23,26-27,30,32H,3-5,9-11,13-16H2,1-2H3. The summed E-state index contributed by atoms with van der Waals surface area (Å²) >= 11 is 6.19. The lowest BCUT2D eigenvalue weighted by Gasteiger charge is -2.60. The molecule has 0 radical (unpaired) electrons. The van der Waals surface area contributed by atoms with Gasteiger partial charge in [0, 0.05) is 30.3 Å². The van der Waals surface area contributed by atoms with Crippen molar-refractivity contribution < 1.29 is 5.11 Å². The van der Waals surface area contributed by atoms with Crippen LogP contribution in [0.3, 0.4) is 0 Å². The number of aliphatic hydroxyl groups excluding tert-OH is 1. The van der Waals surface area contributed by atoms with Crippen LogP contribution >= 0.6 is 11.6 Å². The smallest absolute Gasteiger partial charge is 0.0872 e. The van der Waals surface area contributed by atoms with E-state index in [1.807, 2.05) is 6.21 Å². The van der Waals surface area contributed by atoms with E-state index in [9.17, 15) is 5.11 Å². The van der Waals surface area contributed by atoms with Crippen LogP contribution in [0, 0.1) is 35.0 Å². The van der Waals surface area contributed by atoms with E-state index in [1.165, 1.54) is 49.7 Å². The molecule has 2 N–H and O–H groups in total. The summed E-state index contributed by atoms with van der Waals surface area (Å²) in [5, 5.41) is 15.8. The minimum Gasteiger partial charge on any atom is -0.388 e. The predicted octanol–water partition coefficient (Wildman–Crippen LogP) is 5.82. The van der Waals surface area contributed by atoms with Crippen molar-refractivity contribution in [2.45, 2.75) is 64.9 Å². The first-order valence-electron chi connectivity index (χ1n) is 12.7. The molecule has 3 nitrogen and oxygen atoms in total.